The first-order valence-corrected chi connectivity index (χ1v) is 7.82. The fourth-order valence-corrected chi connectivity index (χ4v) is 2.67. The molecule has 6 nitrogen and oxygen atoms in total. The van der Waals surface area contributed by atoms with E-state index in [4.69, 9.17) is 4.65 Å². The summed E-state index contributed by atoms with van der Waals surface area (Å²) < 4.78 is 5.35. The van der Waals surface area contributed by atoms with Crippen LogP contribution in [0.2, 0.25) is 0 Å². The van der Waals surface area contributed by atoms with Crippen molar-refractivity contribution in [2.45, 2.75) is 19.3 Å². The Labute approximate surface area is 127 Å². The third-order valence-electron chi connectivity index (χ3n) is 3.31. The smallest absolute Gasteiger partial charge is 0.534 e. The summed E-state index contributed by atoms with van der Waals surface area (Å²) in [6.07, 6.45) is 2.14. The number of hydrogen-bond acceptors (Lipinski definition) is 5. The highest BCUT2D eigenvalue weighted by Gasteiger charge is 2.38. The molecule has 0 saturated heterocycles. The standard InChI is InChI=1S/C13H16BNO5S/c1-7-3-4-8-5-9(15-10(16)6-21-2)14(19)20-12(8)11(7)13(17)18/h3-4,9,19H,5-6H2,1-2H3,(H,15,16)(H,17,18)/t9-/m0/s1. The van der Waals surface area contributed by atoms with Gasteiger partial charge in [-0.3, -0.25) is 4.79 Å². The third-order valence-corrected chi connectivity index (χ3v) is 3.86. The quantitative estimate of drug-likeness (QED) is 0.701. The zero-order chi connectivity index (χ0) is 15.6. The maximum Gasteiger partial charge on any atom is 0.547 e. The monoisotopic (exact) mass is 309 g/mol. The maximum atomic E-state index is 11.6. The highest BCUT2D eigenvalue weighted by Crippen LogP contribution is 2.32. The van der Waals surface area contributed by atoms with Crippen LogP contribution in [0.3, 0.4) is 0 Å². The lowest BCUT2D eigenvalue weighted by Gasteiger charge is -2.29. The Hall–Kier alpha value is -1.67. The van der Waals surface area contributed by atoms with Gasteiger partial charge in [-0.05, 0) is 30.7 Å². The number of carbonyl (C=O) groups excluding carboxylic acids is 1. The molecule has 1 aromatic carbocycles. The average Bonchev–Trinajstić information content (AvgIpc) is 2.39. The van der Waals surface area contributed by atoms with Crippen LogP contribution in [-0.2, 0) is 11.2 Å². The molecule has 21 heavy (non-hydrogen) atoms. The van der Waals surface area contributed by atoms with E-state index < -0.39 is 19.0 Å². The second kappa shape index (κ2) is 6.40. The highest BCUT2D eigenvalue weighted by atomic mass is 32.2. The SMILES string of the molecule is CSCC(=O)N[C@H]1Cc2ccc(C)c(C(=O)O)c2OB1O. The molecular weight excluding hydrogens is 293 g/mol. The van der Waals surface area contributed by atoms with Gasteiger partial charge in [0, 0.05) is 0 Å². The lowest BCUT2D eigenvalue weighted by molar-refractivity contribution is -0.118. The summed E-state index contributed by atoms with van der Waals surface area (Å²) in [6.45, 7) is 1.67. The van der Waals surface area contributed by atoms with E-state index >= 15 is 0 Å². The topological polar surface area (TPSA) is 95.9 Å². The molecule has 2 rings (SSSR count). The van der Waals surface area contributed by atoms with E-state index in [0.29, 0.717) is 23.3 Å². The minimum absolute atomic E-state index is 0.0560. The largest absolute Gasteiger partial charge is 0.547 e. The molecule has 1 amide bonds. The van der Waals surface area contributed by atoms with Crippen LogP contribution in [0.15, 0.2) is 12.1 Å². The van der Waals surface area contributed by atoms with Gasteiger partial charge in [0.1, 0.15) is 11.3 Å². The number of carboxylic acid groups (broad SMARTS) is 1. The van der Waals surface area contributed by atoms with Crippen molar-refractivity contribution in [1.29, 1.82) is 0 Å². The number of rotatable bonds is 4. The molecule has 0 unspecified atom stereocenters. The number of aryl methyl sites for hydroxylation is 1. The molecule has 112 valence electrons. The van der Waals surface area contributed by atoms with Crippen molar-refractivity contribution in [2.24, 2.45) is 0 Å². The van der Waals surface area contributed by atoms with Gasteiger partial charge in [-0.25, -0.2) is 4.79 Å². The molecule has 0 radical (unpaired) electrons. The molecule has 0 bridgehead atoms. The molecule has 1 aliphatic heterocycles. The Morgan fingerprint density at radius 1 is 1.52 bits per heavy atom. The van der Waals surface area contributed by atoms with Crippen LogP contribution >= 0.6 is 11.8 Å². The van der Waals surface area contributed by atoms with Crippen molar-refractivity contribution >= 4 is 30.8 Å². The maximum absolute atomic E-state index is 11.6. The molecule has 3 N–H and O–H groups in total. The van der Waals surface area contributed by atoms with Crippen LogP contribution in [0.5, 0.6) is 5.75 Å². The molecule has 0 aromatic heterocycles. The van der Waals surface area contributed by atoms with E-state index in [2.05, 4.69) is 5.32 Å². The zero-order valence-corrected chi connectivity index (χ0v) is 12.6. The van der Waals surface area contributed by atoms with Crippen LogP contribution < -0.4 is 9.97 Å². The predicted octanol–water partition coefficient (Wildman–Crippen LogP) is 0.496. The number of nitrogens with one attached hydrogen (secondary N) is 1. The minimum Gasteiger partial charge on any atom is -0.534 e. The summed E-state index contributed by atoms with van der Waals surface area (Å²) in [5, 5.41) is 21.9. The van der Waals surface area contributed by atoms with Gasteiger partial charge in [0.25, 0.3) is 0 Å². The van der Waals surface area contributed by atoms with Crippen LogP contribution in [0, 0.1) is 6.92 Å². The van der Waals surface area contributed by atoms with Crippen molar-refractivity contribution in [3.05, 3.63) is 28.8 Å². The summed E-state index contributed by atoms with van der Waals surface area (Å²) in [7, 11) is -1.26. The third kappa shape index (κ3) is 3.33. The number of fused-ring (bicyclic) bond motifs is 1. The summed E-state index contributed by atoms with van der Waals surface area (Å²) >= 11 is 1.38. The number of thioether (sulfide) groups is 1. The van der Waals surface area contributed by atoms with Crippen molar-refractivity contribution < 1.29 is 24.4 Å². The Morgan fingerprint density at radius 2 is 2.24 bits per heavy atom. The van der Waals surface area contributed by atoms with Gasteiger partial charge in [0.2, 0.25) is 5.91 Å². The van der Waals surface area contributed by atoms with Gasteiger partial charge in [-0.1, -0.05) is 12.1 Å². The highest BCUT2D eigenvalue weighted by molar-refractivity contribution is 7.99. The Morgan fingerprint density at radius 3 is 2.86 bits per heavy atom. The number of amides is 1. The normalized spacial score (nSPS) is 16.9. The van der Waals surface area contributed by atoms with Crippen LogP contribution in [0.25, 0.3) is 0 Å². The Kier molecular flexibility index (Phi) is 4.79. The van der Waals surface area contributed by atoms with Gasteiger partial charge in [0.15, 0.2) is 0 Å². The van der Waals surface area contributed by atoms with Gasteiger partial charge >= 0.3 is 13.1 Å². The lowest BCUT2D eigenvalue weighted by atomic mass is 9.72. The Balaban J connectivity index is 2.26. The molecule has 0 spiro atoms. The van der Waals surface area contributed by atoms with Crippen LogP contribution in [0.1, 0.15) is 21.5 Å². The number of carbonyl (C=O) groups is 2. The first-order chi connectivity index (χ1) is 9.93. The summed E-state index contributed by atoms with van der Waals surface area (Å²) in [5.74, 6) is -1.39. The summed E-state index contributed by atoms with van der Waals surface area (Å²) in [5.41, 5.74) is 1.29. The lowest BCUT2D eigenvalue weighted by Crippen LogP contribution is -2.53. The minimum atomic E-state index is -1.26. The first kappa shape index (κ1) is 15.7. The van der Waals surface area contributed by atoms with E-state index in [1.807, 2.05) is 6.26 Å². The molecule has 0 saturated carbocycles. The molecule has 1 aromatic rings. The van der Waals surface area contributed by atoms with Crippen LogP contribution in [-0.4, -0.2) is 47.1 Å². The molecule has 1 aliphatic rings. The molecule has 0 aliphatic carbocycles. The number of carboxylic acids is 1. The molecule has 1 atom stereocenters. The van der Waals surface area contributed by atoms with Gasteiger partial charge in [-0.15, -0.1) is 0 Å². The van der Waals surface area contributed by atoms with Gasteiger partial charge in [-0.2, -0.15) is 11.8 Å². The Bertz CT molecular complexity index is 580. The van der Waals surface area contributed by atoms with Crippen molar-refractivity contribution in [2.75, 3.05) is 12.0 Å². The van der Waals surface area contributed by atoms with Crippen molar-refractivity contribution in [3.63, 3.8) is 0 Å². The average molecular weight is 309 g/mol. The van der Waals surface area contributed by atoms with Crippen molar-refractivity contribution in [3.8, 4) is 5.75 Å². The van der Waals surface area contributed by atoms with E-state index in [9.17, 15) is 19.7 Å². The number of aromatic carboxylic acids is 1. The molecule has 8 heteroatoms. The molecule has 1 heterocycles. The fraction of sp³-hybridized carbons (Fsp3) is 0.385. The summed E-state index contributed by atoms with van der Waals surface area (Å²) in [6, 6.07) is 3.46. The predicted molar refractivity (Wildman–Crippen MR) is 80.8 cm³/mol. The van der Waals surface area contributed by atoms with Gasteiger partial charge < -0.3 is 20.1 Å². The molecule has 0 fully saturated rings. The zero-order valence-electron chi connectivity index (χ0n) is 11.8. The van der Waals surface area contributed by atoms with Crippen LogP contribution in [0.4, 0.5) is 0 Å². The first-order valence-electron chi connectivity index (χ1n) is 6.42. The number of benzene rings is 1. The van der Waals surface area contributed by atoms with Gasteiger partial charge in [0.05, 0.1) is 11.7 Å². The van der Waals surface area contributed by atoms with E-state index in [1.54, 1.807) is 19.1 Å². The summed E-state index contributed by atoms with van der Waals surface area (Å²) in [4.78, 5) is 22.9. The number of hydrogen-bond donors (Lipinski definition) is 3. The molecular formula is C13H16BNO5S. The van der Waals surface area contributed by atoms with Crippen molar-refractivity contribution in [1.82, 2.24) is 5.32 Å². The van der Waals surface area contributed by atoms with E-state index in [-0.39, 0.29) is 17.2 Å². The fourth-order valence-electron chi connectivity index (χ4n) is 2.33. The second-order valence-electron chi connectivity index (χ2n) is 4.87. The van der Waals surface area contributed by atoms with E-state index in [1.165, 1.54) is 11.8 Å². The second-order valence-corrected chi connectivity index (χ2v) is 5.74. The van der Waals surface area contributed by atoms with E-state index in [0.717, 1.165) is 0 Å².